The van der Waals surface area contributed by atoms with Crippen LogP contribution in [0.1, 0.15) is 21.7 Å². The Bertz CT molecular complexity index is 1590. The van der Waals surface area contributed by atoms with Crippen molar-refractivity contribution < 1.29 is 23.9 Å². The predicted molar refractivity (Wildman–Crippen MR) is 161 cm³/mol. The van der Waals surface area contributed by atoms with E-state index in [9.17, 15) is 19.2 Å². The third kappa shape index (κ3) is 6.74. The van der Waals surface area contributed by atoms with Crippen LogP contribution in [0, 0.1) is 0 Å². The van der Waals surface area contributed by atoms with E-state index >= 15 is 0 Å². The third-order valence-electron chi connectivity index (χ3n) is 6.18. The van der Waals surface area contributed by atoms with Crippen molar-refractivity contribution in [1.82, 2.24) is 5.32 Å². The number of methoxy groups -OCH3 is 1. The van der Waals surface area contributed by atoms with E-state index in [-0.39, 0.29) is 23.9 Å². The first-order valence-corrected chi connectivity index (χ1v) is 14.4. The summed E-state index contributed by atoms with van der Waals surface area (Å²) in [6.07, 6.45) is 1.72. The molecule has 0 spiro atoms. The van der Waals surface area contributed by atoms with Crippen LogP contribution in [0.5, 0.6) is 5.75 Å². The van der Waals surface area contributed by atoms with Crippen molar-refractivity contribution in [2.45, 2.75) is 16.6 Å². The predicted octanol–water partition coefficient (Wildman–Crippen LogP) is 5.59. The molecule has 8 nitrogen and oxygen atoms in total. The summed E-state index contributed by atoms with van der Waals surface area (Å²) in [6, 6.07) is 26.1. The molecule has 1 aliphatic heterocycles. The maximum absolute atomic E-state index is 13.2. The van der Waals surface area contributed by atoms with Crippen LogP contribution < -0.4 is 20.3 Å². The van der Waals surface area contributed by atoms with Crippen molar-refractivity contribution in [3.8, 4) is 5.75 Å². The molecular formula is C31H25N3O5S2. The number of hydrogen-bond donors (Lipinski definition) is 2. The molecule has 1 atom stereocenters. The second kappa shape index (κ2) is 12.7. The fourth-order valence-electron chi connectivity index (χ4n) is 4.14. The van der Waals surface area contributed by atoms with E-state index in [1.807, 2.05) is 23.6 Å². The fraction of sp³-hybridized carbons (Fsp3) is 0.0968. The number of thioether (sulfide) groups is 1. The zero-order valence-corrected chi connectivity index (χ0v) is 23.5. The van der Waals surface area contributed by atoms with Gasteiger partial charge in [0.15, 0.2) is 0 Å². The first-order valence-electron chi connectivity index (χ1n) is 12.6. The highest BCUT2D eigenvalue weighted by atomic mass is 32.2. The summed E-state index contributed by atoms with van der Waals surface area (Å²) in [4.78, 5) is 54.4. The highest BCUT2D eigenvalue weighted by molar-refractivity contribution is 8.00. The molecule has 10 heteroatoms. The Hall–Kier alpha value is -4.67. The lowest BCUT2D eigenvalue weighted by Crippen LogP contribution is -2.31. The minimum Gasteiger partial charge on any atom is -0.497 e. The standard InChI is InChI=1S/C31H25N3O5S2/c1-39-23-13-11-22(12-14-23)34-28(35)19-27(31(34)38)41-24-15-9-21(10-16-24)32-30(37)26(18-25-8-5-17-40-25)33-29(36)20-6-3-2-4-7-20/h2-18,27H,19H2,1H3,(H,32,37)(H,33,36)/b26-18-. The van der Waals surface area contributed by atoms with Gasteiger partial charge in [-0.3, -0.25) is 19.2 Å². The Morgan fingerprint density at radius 2 is 1.68 bits per heavy atom. The van der Waals surface area contributed by atoms with E-state index in [0.29, 0.717) is 22.7 Å². The van der Waals surface area contributed by atoms with E-state index in [4.69, 9.17) is 4.74 Å². The zero-order valence-electron chi connectivity index (χ0n) is 21.9. The number of anilines is 2. The summed E-state index contributed by atoms with van der Waals surface area (Å²) < 4.78 is 5.15. The van der Waals surface area contributed by atoms with E-state index < -0.39 is 17.1 Å². The SMILES string of the molecule is COc1ccc(N2C(=O)CC(Sc3ccc(NC(=O)/C(=C/c4cccs4)NC(=O)c4ccccc4)cc3)C2=O)cc1. The molecule has 5 rings (SSSR count). The molecule has 41 heavy (non-hydrogen) atoms. The van der Waals surface area contributed by atoms with Gasteiger partial charge in [-0.25, -0.2) is 4.90 Å². The molecule has 4 aromatic rings. The van der Waals surface area contributed by atoms with Gasteiger partial charge in [-0.1, -0.05) is 24.3 Å². The summed E-state index contributed by atoms with van der Waals surface area (Å²) in [6.45, 7) is 0. The highest BCUT2D eigenvalue weighted by Gasteiger charge is 2.40. The Morgan fingerprint density at radius 1 is 0.951 bits per heavy atom. The molecule has 206 valence electrons. The summed E-state index contributed by atoms with van der Waals surface area (Å²) in [5, 5.41) is 6.86. The van der Waals surface area contributed by atoms with Crippen molar-refractivity contribution in [1.29, 1.82) is 0 Å². The minimum absolute atomic E-state index is 0.0893. The topological polar surface area (TPSA) is 105 Å². The number of thiophene rings is 1. The van der Waals surface area contributed by atoms with Crippen LogP contribution in [-0.2, 0) is 14.4 Å². The summed E-state index contributed by atoms with van der Waals surface area (Å²) >= 11 is 2.74. The van der Waals surface area contributed by atoms with E-state index in [1.54, 1.807) is 86.0 Å². The van der Waals surface area contributed by atoms with Crippen molar-refractivity contribution in [2.24, 2.45) is 0 Å². The van der Waals surface area contributed by atoms with E-state index in [0.717, 1.165) is 9.77 Å². The maximum atomic E-state index is 13.2. The molecule has 0 aliphatic carbocycles. The summed E-state index contributed by atoms with van der Waals surface area (Å²) in [7, 11) is 1.55. The average molecular weight is 584 g/mol. The molecule has 3 aromatic carbocycles. The largest absolute Gasteiger partial charge is 0.497 e. The van der Waals surface area contributed by atoms with Crippen molar-refractivity contribution >= 4 is 64.2 Å². The Labute approximate surface area is 245 Å². The lowest BCUT2D eigenvalue weighted by Gasteiger charge is -2.15. The van der Waals surface area contributed by atoms with Gasteiger partial charge in [0.1, 0.15) is 11.4 Å². The van der Waals surface area contributed by atoms with Crippen LogP contribution in [0.25, 0.3) is 6.08 Å². The van der Waals surface area contributed by atoms with Gasteiger partial charge in [-0.15, -0.1) is 23.1 Å². The molecule has 1 fully saturated rings. The normalized spacial score (nSPS) is 15.1. The number of rotatable bonds is 9. The molecule has 0 bridgehead atoms. The molecule has 0 radical (unpaired) electrons. The minimum atomic E-state index is -0.557. The van der Waals surface area contributed by atoms with Crippen LogP contribution in [0.15, 0.2) is 107 Å². The molecule has 0 saturated carbocycles. The smallest absolute Gasteiger partial charge is 0.272 e. The maximum Gasteiger partial charge on any atom is 0.272 e. The van der Waals surface area contributed by atoms with Gasteiger partial charge < -0.3 is 15.4 Å². The zero-order chi connectivity index (χ0) is 28.8. The van der Waals surface area contributed by atoms with Crippen molar-refractivity contribution in [3.05, 3.63) is 113 Å². The molecule has 1 unspecified atom stereocenters. The number of benzene rings is 3. The van der Waals surface area contributed by atoms with Crippen LogP contribution in [-0.4, -0.2) is 36.0 Å². The Morgan fingerprint density at radius 3 is 2.34 bits per heavy atom. The highest BCUT2D eigenvalue weighted by Crippen LogP contribution is 2.35. The summed E-state index contributed by atoms with van der Waals surface area (Å²) in [5.41, 5.74) is 1.56. The molecule has 1 aliphatic rings. The number of carbonyl (C=O) groups excluding carboxylic acids is 4. The van der Waals surface area contributed by atoms with Crippen molar-refractivity contribution in [2.75, 3.05) is 17.3 Å². The molecular weight excluding hydrogens is 558 g/mol. The van der Waals surface area contributed by atoms with E-state index in [1.165, 1.54) is 28.0 Å². The first-order chi connectivity index (χ1) is 19.9. The van der Waals surface area contributed by atoms with Gasteiger partial charge in [0.2, 0.25) is 11.8 Å². The molecule has 2 heterocycles. The van der Waals surface area contributed by atoms with E-state index in [2.05, 4.69) is 10.6 Å². The van der Waals surface area contributed by atoms with Crippen LogP contribution in [0.2, 0.25) is 0 Å². The van der Waals surface area contributed by atoms with Gasteiger partial charge in [-0.2, -0.15) is 0 Å². The lowest BCUT2D eigenvalue weighted by molar-refractivity contribution is -0.121. The molecule has 4 amide bonds. The second-order valence-electron chi connectivity index (χ2n) is 8.95. The van der Waals surface area contributed by atoms with Crippen LogP contribution in [0.4, 0.5) is 11.4 Å². The number of ether oxygens (including phenoxy) is 1. The Balaban J connectivity index is 1.24. The number of amides is 4. The molecule has 2 N–H and O–H groups in total. The first kappa shape index (κ1) is 27.9. The number of carbonyl (C=O) groups is 4. The number of imide groups is 1. The number of nitrogens with zero attached hydrogens (tertiary/aromatic N) is 1. The number of nitrogens with one attached hydrogen (secondary N) is 2. The molecule has 1 saturated heterocycles. The van der Waals surface area contributed by atoms with Gasteiger partial charge in [0.25, 0.3) is 11.8 Å². The van der Waals surface area contributed by atoms with Gasteiger partial charge >= 0.3 is 0 Å². The fourth-order valence-corrected chi connectivity index (χ4v) is 5.85. The van der Waals surface area contributed by atoms with Gasteiger partial charge in [0.05, 0.1) is 18.0 Å². The van der Waals surface area contributed by atoms with Crippen LogP contribution in [0.3, 0.4) is 0 Å². The number of hydrogen-bond acceptors (Lipinski definition) is 7. The lowest BCUT2D eigenvalue weighted by atomic mass is 10.2. The van der Waals surface area contributed by atoms with Gasteiger partial charge in [-0.05, 0) is 78.2 Å². The summed E-state index contributed by atoms with van der Waals surface area (Å²) in [5.74, 6) is -0.771. The quantitative estimate of drug-likeness (QED) is 0.197. The molecule has 1 aromatic heterocycles. The monoisotopic (exact) mass is 583 g/mol. The third-order valence-corrected chi connectivity index (χ3v) is 8.20. The Kier molecular flexibility index (Phi) is 8.61. The van der Waals surface area contributed by atoms with Crippen molar-refractivity contribution in [3.63, 3.8) is 0 Å². The second-order valence-corrected chi connectivity index (χ2v) is 11.2. The average Bonchev–Trinajstić information content (AvgIpc) is 3.61. The van der Waals surface area contributed by atoms with Gasteiger partial charge in [0, 0.05) is 27.4 Å². The van der Waals surface area contributed by atoms with Crippen LogP contribution >= 0.6 is 23.1 Å².